The Morgan fingerprint density at radius 2 is 1.97 bits per heavy atom. The van der Waals surface area contributed by atoms with Gasteiger partial charge in [-0.3, -0.25) is 4.79 Å². The average Bonchev–Trinajstić information content (AvgIpc) is 3.01. The first-order valence-corrected chi connectivity index (χ1v) is 10.5. The van der Waals surface area contributed by atoms with E-state index in [4.69, 9.17) is 22.1 Å². The lowest BCUT2D eigenvalue weighted by atomic mass is 10.1. The van der Waals surface area contributed by atoms with Crippen LogP contribution in [0.4, 0.5) is 13.2 Å². The number of nitrogens with zero attached hydrogens (tertiary/aromatic N) is 1. The molecule has 1 aliphatic heterocycles. The van der Waals surface area contributed by atoms with Gasteiger partial charge in [0, 0.05) is 6.04 Å². The van der Waals surface area contributed by atoms with E-state index in [0.29, 0.717) is 0 Å². The lowest BCUT2D eigenvalue weighted by molar-refractivity contribution is -0.0500. The fourth-order valence-corrected chi connectivity index (χ4v) is 3.76. The molecule has 0 aliphatic carbocycles. The van der Waals surface area contributed by atoms with Crippen molar-refractivity contribution in [3.8, 4) is 11.5 Å². The van der Waals surface area contributed by atoms with E-state index in [1.54, 1.807) is 0 Å². The number of benzene rings is 1. The lowest BCUT2D eigenvalue weighted by Gasteiger charge is -2.17. The van der Waals surface area contributed by atoms with Crippen molar-refractivity contribution in [1.29, 1.82) is 0 Å². The molecular weight excluding hydrogens is 437 g/mol. The summed E-state index contributed by atoms with van der Waals surface area (Å²) in [5.74, 6) is -2.53. The van der Waals surface area contributed by atoms with Crippen molar-refractivity contribution in [2.24, 2.45) is 5.73 Å². The van der Waals surface area contributed by atoms with Crippen LogP contribution in [0.25, 0.3) is 0 Å². The monoisotopic (exact) mass is 460 g/mol. The van der Waals surface area contributed by atoms with Crippen molar-refractivity contribution in [1.82, 2.24) is 4.90 Å². The van der Waals surface area contributed by atoms with E-state index in [1.165, 1.54) is 32.9 Å². The van der Waals surface area contributed by atoms with Crippen molar-refractivity contribution >= 4 is 27.6 Å². The molecule has 0 bridgehead atoms. The van der Waals surface area contributed by atoms with Gasteiger partial charge in [0.25, 0.3) is 5.91 Å². The van der Waals surface area contributed by atoms with Gasteiger partial charge >= 0.3 is 15.6 Å². The molecule has 2 rings (SSSR count). The van der Waals surface area contributed by atoms with Crippen LogP contribution in [-0.4, -0.2) is 51.0 Å². The molecule has 12 heteroatoms. The SMILES string of the molecule is CCN1CCCC1C.COc1c(C)cc(Cl)c(OS(=O)(=O)C(F)(F)F)c1C(N)=O. The van der Waals surface area contributed by atoms with E-state index in [2.05, 4.69) is 22.9 Å². The van der Waals surface area contributed by atoms with Gasteiger partial charge in [0.2, 0.25) is 0 Å². The molecule has 29 heavy (non-hydrogen) atoms. The van der Waals surface area contributed by atoms with Crippen molar-refractivity contribution in [2.45, 2.75) is 45.2 Å². The second-order valence-electron chi connectivity index (χ2n) is 6.38. The van der Waals surface area contributed by atoms with E-state index in [9.17, 15) is 26.4 Å². The standard InChI is InChI=1S/C10H9ClF3NO5S.C7H15N/c1-4-3-5(11)8(6(9(15)16)7(4)19-2)20-21(17,18)10(12,13)14;1-3-8-6-4-5-7(8)2/h3H,1-2H3,(H2,15,16);7H,3-6H2,1-2H3. The van der Waals surface area contributed by atoms with E-state index in [-0.39, 0.29) is 11.3 Å². The molecule has 1 aromatic carbocycles. The maximum atomic E-state index is 12.3. The number of ether oxygens (including phenoxy) is 1. The molecule has 1 unspecified atom stereocenters. The highest BCUT2D eigenvalue weighted by atomic mass is 35.5. The van der Waals surface area contributed by atoms with Crippen LogP contribution in [0.15, 0.2) is 6.07 Å². The number of primary amides is 1. The number of nitrogens with two attached hydrogens (primary N) is 1. The van der Waals surface area contributed by atoms with Crippen LogP contribution in [0.3, 0.4) is 0 Å². The average molecular weight is 461 g/mol. The number of hydrogen-bond acceptors (Lipinski definition) is 6. The smallest absolute Gasteiger partial charge is 0.495 e. The Hall–Kier alpha value is -1.72. The molecule has 0 aromatic heterocycles. The van der Waals surface area contributed by atoms with Gasteiger partial charge in [-0.1, -0.05) is 18.5 Å². The number of hydrogen-bond donors (Lipinski definition) is 1. The van der Waals surface area contributed by atoms with Crippen molar-refractivity contribution in [3.63, 3.8) is 0 Å². The quantitative estimate of drug-likeness (QED) is 0.533. The molecular formula is C17H24ClF3N2O5S. The molecule has 0 spiro atoms. The van der Waals surface area contributed by atoms with Gasteiger partial charge in [0.15, 0.2) is 5.75 Å². The summed E-state index contributed by atoms with van der Waals surface area (Å²) in [7, 11) is -4.90. The second-order valence-corrected chi connectivity index (χ2v) is 8.32. The number of rotatable bonds is 5. The third-order valence-corrected chi connectivity index (χ3v) is 5.63. The zero-order valence-electron chi connectivity index (χ0n) is 16.5. The van der Waals surface area contributed by atoms with Gasteiger partial charge in [-0.25, -0.2) is 0 Å². The van der Waals surface area contributed by atoms with Crippen LogP contribution in [0.5, 0.6) is 11.5 Å². The number of amides is 1. The highest BCUT2D eigenvalue weighted by Gasteiger charge is 2.49. The van der Waals surface area contributed by atoms with Crippen LogP contribution in [0.2, 0.25) is 5.02 Å². The molecule has 1 saturated heterocycles. The predicted octanol–water partition coefficient (Wildman–Crippen LogP) is 3.47. The zero-order valence-corrected chi connectivity index (χ0v) is 18.0. The van der Waals surface area contributed by atoms with E-state index >= 15 is 0 Å². The Morgan fingerprint density at radius 3 is 2.31 bits per heavy atom. The summed E-state index contributed by atoms with van der Waals surface area (Å²) in [6.45, 7) is 8.55. The summed E-state index contributed by atoms with van der Waals surface area (Å²) in [6.07, 6.45) is 2.82. The van der Waals surface area contributed by atoms with E-state index in [0.717, 1.165) is 19.2 Å². The van der Waals surface area contributed by atoms with Crippen molar-refractivity contribution in [2.75, 3.05) is 20.2 Å². The fraction of sp³-hybridized carbons (Fsp3) is 0.588. The maximum absolute atomic E-state index is 12.3. The summed E-state index contributed by atoms with van der Waals surface area (Å²) in [5, 5.41) is -0.532. The summed E-state index contributed by atoms with van der Waals surface area (Å²) >= 11 is 5.64. The van der Waals surface area contributed by atoms with Crippen LogP contribution in [0, 0.1) is 6.92 Å². The van der Waals surface area contributed by atoms with Crippen molar-refractivity contribution < 1.29 is 35.3 Å². The molecule has 1 amide bonds. The van der Waals surface area contributed by atoms with E-state index < -0.39 is 37.9 Å². The maximum Gasteiger partial charge on any atom is 0.534 e. The highest BCUT2D eigenvalue weighted by molar-refractivity contribution is 7.88. The summed E-state index contributed by atoms with van der Waals surface area (Å²) < 4.78 is 67.8. The van der Waals surface area contributed by atoms with Gasteiger partial charge in [0.1, 0.15) is 11.3 Å². The minimum Gasteiger partial charge on any atom is -0.495 e. The van der Waals surface area contributed by atoms with Crippen LogP contribution < -0.4 is 14.7 Å². The summed E-state index contributed by atoms with van der Waals surface area (Å²) in [4.78, 5) is 13.9. The second kappa shape index (κ2) is 9.86. The first kappa shape index (κ1) is 25.3. The molecule has 1 fully saturated rings. The zero-order chi connectivity index (χ0) is 22.6. The fourth-order valence-electron chi connectivity index (χ4n) is 2.93. The molecule has 0 radical (unpaired) electrons. The van der Waals surface area contributed by atoms with Gasteiger partial charge in [0.05, 0.1) is 12.1 Å². The summed E-state index contributed by atoms with van der Waals surface area (Å²) in [5.41, 5.74) is -1.11. The van der Waals surface area contributed by atoms with Crippen molar-refractivity contribution in [3.05, 3.63) is 22.2 Å². The number of aryl methyl sites for hydroxylation is 1. The van der Waals surface area contributed by atoms with Gasteiger partial charge in [-0.15, -0.1) is 0 Å². The third-order valence-electron chi connectivity index (χ3n) is 4.40. The Morgan fingerprint density at radius 1 is 1.38 bits per heavy atom. The number of methoxy groups -OCH3 is 1. The largest absolute Gasteiger partial charge is 0.534 e. The van der Waals surface area contributed by atoms with Gasteiger partial charge < -0.3 is 19.6 Å². The van der Waals surface area contributed by atoms with Crippen LogP contribution in [-0.2, 0) is 10.1 Å². The Labute approximate surface area is 173 Å². The first-order chi connectivity index (χ1) is 13.3. The molecule has 1 aromatic rings. The minimum atomic E-state index is -6.01. The molecule has 1 aliphatic rings. The Kier molecular flexibility index (Phi) is 8.60. The molecule has 0 saturated carbocycles. The first-order valence-electron chi connectivity index (χ1n) is 8.68. The number of alkyl halides is 3. The molecule has 1 atom stereocenters. The minimum absolute atomic E-state index is 0.237. The Bertz CT molecular complexity index is 846. The van der Waals surface area contributed by atoms with Crippen LogP contribution in [0.1, 0.15) is 42.6 Å². The van der Waals surface area contributed by atoms with E-state index in [1.807, 2.05) is 0 Å². The molecule has 1 heterocycles. The topological polar surface area (TPSA) is 98.9 Å². The predicted molar refractivity (Wildman–Crippen MR) is 103 cm³/mol. The normalized spacial score (nSPS) is 17.4. The van der Waals surface area contributed by atoms with Crippen LogP contribution >= 0.6 is 11.6 Å². The number of likely N-dealkylation sites (tertiary alicyclic amines) is 1. The molecule has 166 valence electrons. The number of halogens is 4. The summed E-state index contributed by atoms with van der Waals surface area (Å²) in [6, 6.07) is 1.94. The lowest BCUT2D eigenvalue weighted by Crippen LogP contribution is -2.29. The third kappa shape index (κ3) is 6.13. The number of carbonyl (C=O) groups excluding carboxylic acids is 1. The highest BCUT2D eigenvalue weighted by Crippen LogP contribution is 2.40. The van der Waals surface area contributed by atoms with Gasteiger partial charge in [-0.2, -0.15) is 21.6 Å². The molecule has 7 nitrogen and oxygen atoms in total. The van der Waals surface area contributed by atoms with Gasteiger partial charge in [-0.05, 0) is 51.4 Å². The Balaban J connectivity index is 0.000000436. The molecule has 2 N–H and O–H groups in total. The number of carbonyl (C=O) groups is 1.